The van der Waals surface area contributed by atoms with Gasteiger partial charge in [0.05, 0.1) is 22.8 Å². The van der Waals surface area contributed by atoms with Crippen LogP contribution in [0.5, 0.6) is 0 Å². The number of nitrogens with zero attached hydrogens (tertiary/aromatic N) is 4. The highest BCUT2D eigenvalue weighted by molar-refractivity contribution is 6.06. The summed E-state index contributed by atoms with van der Waals surface area (Å²) in [7, 11) is 3.75. The predicted molar refractivity (Wildman–Crippen MR) is 135 cm³/mol. The molecule has 0 bridgehead atoms. The Labute approximate surface area is 205 Å². The number of hydrogen-bond acceptors (Lipinski definition) is 5. The minimum Gasteiger partial charge on any atom is -0.378 e. The number of aryl methyl sites for hydroxylation is 1. The molecule has 1 saturated carbocycles. The number of anilines is 1. The Kier molecular flexibility index (Phi) is 6.81. The molecule has 1 N–H and O–H groups in total. The Morgan fingerprint density at radius 3 is 2.63 bits per heavy atom. The number of fused-ring (bicyclic) bond motifs is 1. The van der Waals surface area contributed by atoms with Crippen LogP contribution in [0.25, 0.3) is 22.4 Å². The standard InChI is InChI=1S/C27H33N5O3/c1-31(14-11-21-8-3-4-15-35-21)27(34)20-16-22-24(23(17-20)30-26(33)19-6-5-7-19)32(2)25(29-22)18-9-12-28-13-10-18/h9-10,12-13,16-17,19,21H,3-8,11,14-15H2,1-2H3,(H,30,33). The summed E-state index contributed by atoms with van der Waals surface area (Å²) >= 11 is 0. The van der Waals surface area contributed by atoms with Crippen LogP contribution in [0.2, 0.25) is 0 Å². The first-order valence-electron chi connectivity index (χ1n) is 12.6. The van der Waals surface area contributed by atoms with E-state index in [2.05, 4.69) is 10.3 Å². The third-order valence-electron chi connectivity index (χ3n) is 7.30. The summed E-state index contributed by atoms with van der Waals surface area (Å²) in [6.45, 7) is 1.43. The van der Waals surface area contributed by atoms with Crippen LogP contribution >= 0.6 is 0 Å². The van der Waals surface area contributed by atoms with Crippen molar-refractivity contribution in [3.8, 4) is 11.4 Å². The summed E-state index contributed by atoms with van der Waals surface area (Å²) in [4.78, 5) is 36.9. The Morgan fingerprint density at radius 2 is 1.94 bits per heavy atom. The van der Waals surface area contributed by atoms with E-state index in [4.69, 9.17) is 9.72 Å². The number of ether oxygens (including phenoxy) is 1. The van der Waals surface area contributed by atoms with Crippen molar-refractivity contribution < 1.29 is 14.3 Å². The lowest BCUT2D eigenvalue weighted by Crippen LogP contribution is -2.32. The highest BCUT2D eigenvalue weighted by Gasteiger charge is 2.27. The van der Waals surface area contributed by atoms with E-state index in [1.165, 1.54) is 6.42 Å². The molecule has 8 heteroatoms. The highest BCUT2D eigenvalue weighted by atomic mass is 16.5. The topological polar surface area (TPSA) is 89.3 Å². The third kappa shape index (κ3) is 4.93. The molecule has 1 aliphatic carbocycles. The van der Waals surface area contributed by atoms with E-state index in [1.54, 1.807) is 23.4 Å². The molecule has 5 rings (SSSR count). The number of nitrogens with one attached hydrogen (secondary N) is 1. The van der Waals surface area contributed by atoms with Gasteiger partial charge in [-0.25, -0.2) is 4.98 Å². The van der Waals surface area contributed by atoms with Crippen molar-refractivity contribution >= 4 is 28.5 Å². The Balaban J connectivity index is 1.46. The lowest BCUT2D eigenvalue weighted by Gasteiger charge is -2.26. The van der Waals surface area contributed by atoms with Crippen LogP contribution in [0.1, 0.15) is 55.3 Å². The molecular weight excluding hydrogens is 442 g/mol. The molecule has 3 heterocycles. The minimum absolute atomic E-state index is 0.0108. The van der Waals surface area contributed by atoms with Crippen LogP contribution in [0.15, 0.2) is 36.7 Å². The van der Waals surface area contributed by atoms with Crippen molar-refractivity contribution in [3.05, 3.63) is 42.2 Å². The molecule has 1 aliphatic heterocycles. The Bertz CT molecular complexity index is 1210. The molecule has 1 unspecified atom stereocenters. The molecule has 2 fully saturated rings. The van der Waals surface area contributed by atoms with Gasteiger partial charge >= 0.3 is 0 Å². The second kappa shape index (κ2) is 10.2. The molecule has 3 aromatic rings. The van der Waals surface area contributed by atoms with E-state index in [9.17, 15) is 9.59 Å². The SMILES string of the molecule is CN(CCC1CCCCO1)C(=O)c1cc(NC(=O)C2CCC2)c2c(c1)nc(-c1ccncc1)n2C. The number of carbonyl (C=O) groups is 2. The molecule has 1 saturated heterocycles. The fourth-order valence-electron chi connectivity index (χ4n) is 4.93. The second-order valence-electron chi connectivity index (χ2n) is 9.74. The fourth-order valence-corrected chi connectivity index (χ4v) is 4.93. The van der Waals surface area contributed by atoms with E-state index in [-0.39, 0.29) is 23.8 Å². The fraction of sp³-hybridized carbons (Fsp3) is 0.481. The number of rotatable bonds is 7. The molecule has 0 radical (unpaired) electrons. The van der Waals surface area contributed by atoms with Crippen LogP contribution in [0.4, 0.5) is 5.69 Å². The second-order valence-corrected chi connectivity index (χ2v) is 9.74. The number of amides is 2. The van der Waals surface area contributed by atoms with Crippen molar-refractivity contribution in [2.75, 3.05) is 25.5 Å². The van der Waals surface area contributed by atoms with Crippen molar-refractivity contribution in [2.24, 2.45) is 13.0 Å². The maximum absolute atomic E-state index is 13.4. The lowest BCUT2D eigenvalue weighted by atomic mass is 9.85. The smallest absolute Gasteiger partial charge is 0.253 e. The van der Waals surface area contributed by atoms with Crippen LogP contribution < -0.4 is 5.32 Å². The van der Waals surface area contributed by atoms with Gasteiger partial charge < -0.3 is 19.5 Å². The van der Waals surface area contributed by atoms with Crippen LogP contribution in [0, 0.1) is 5.92 Å². The maximum Gasteiger partial charge on any atom is 0.253 e. The van der Waals surface area contributed by atoms with Gasteiger partial charge in [0.25, 0.3) is 5.91 Å². The minimum atomic E-state index is -0.0852. The summed E-state index contributed by atoms with van der Waals surface area (Å²) in [5, 5.41) is 3.11. The van der Waals surface area contributed by atoms with Gasteiger partial charge in [-0.2, -0.15) is 0 Å². The van der Waals surface area contributed by atoms with E-state index in [0.717, 1.165) is 62.0 Å². The normalized spacial score (nSPS) is 18.3. The zero-order chi connectivity index (χ0) is 24.4. The van der Waals surface area contributed by atoms with Gasteiger partial charge in [0.15, 0.2) is 0 Å². The van der Waals surface area contributed by atoms with Crippen LogP contribution in [0.3, 0.4) is 0 Å². The monoisotopic (exact) mass is 475 g/mol. The number of benzene rings is 1. The molecule has 2 aromatic heterocycles. The van der Waals surface area contributed by atoms with Crippen LogP contribution in [-0.4, -0.2) is 57.6 Å². The number of carbonyl (C=O) groups excluding carboxylic acids is 2. The molecule has 1 aromatic carbocycles. The van der Waals surface area contributed by atoms with Gasteiger partial charge in [0, 0.05) is 56.7 Å². The molecule has 184 valence electrons. The average molecular weight is 476 g/mol. The molecule has 35 heavy (non-hydrogen) atoms. The quantitative estimate of drug-likeness (QED) is 0.547. The first-order valence-corrected chi connectivity index (χ1v) is 12.6. The van der Waals surface area contributed by atoms with Gasteiger partial charge in [0.1, 0.15) is 5.82 Å². The van der Waals surface area contributed by atoms with E-state index < -0.39 is 0 Å². The van der Waals surface area contributed by atoms with Crippen molar-refractivity contribution in [3.63, 3.8) is 0 Å². The first kappa shape index (κ1) is 23.5. The molecule has 1 atom stereocenters. The Hall–Kier alpha value is -3.26. The maximum atomic E-state index is 13.4. The van der Waals surface area contributed by atoms with Gasteiger partial charge in [-0.3, -0.25) is 14.6 Å². The molecular formula is C27H33N5O3. The van der Waals surface area contributed by atoms with Gasteiger partial charge in [0.2, 0.25) is 5.91 Å². The molecule has 2 amide bonds. The van der Waals surface area contributed by atoms with Crippen LogP contribution in [-0.2, 0) is 16.6 Å². The van der Waals surface area contributed by atoms with E-state index >= 15 is 0 Å². The largest absolute Gasteiger partial charge is 0.378 e. The first-order chi connectivity index (χ1) is 17.0. The third-order valence-corrected chi connectivity index (χ3v) is 7.30. The zero-order valence-electron chi connectivity index (χ0n) is 20.5. The predicted octanol–water partition coefficient (Wildman–Crippen LogP) is 4.41. The van der Waals surface area contributed by atoms with Crippen molar-refractivity contribution in [1.29, 1.82) is 0 Å². The number of imidazole rings is 1. The van der Waals surface area contributed by atoms with Gasteiger partial charge in [-0.1, -0.05) is 6.42 Å². The van der Waals surface area contributed by atoms with Gasteiger partial charge in [-0.15, -0.1) is 0 Å². The molecule has 8 nitrogen and oxygen atoms in total. The summed E-state index contributed by atoms with van der Waals surface area (Å²) < 4.78 is 7.80. The van der Waals surface area contributed by atoms with E-state index in [0.29, 0.717) is 23.3 Å². The zero-order valence-corrected chi connectivity index (χ0v) is 20.5. The van der Waals surface area contributed by atoms with Gasteiger partial charge in [-0.05, 0) is 62.8 Å². The summed E-state index contributed by atoms with van der Waals surface area (Å²) in [6.07, 6.45) is 10.8. The number of hydrogen-bond donors (Lipinski definition) is 1. The van der Waals surface area contributed by atoms with Crippen molar-refractivity contribution in [1.82, 2.24) is 19.4 Å². The average Bonchev–Trinajstić information content (AvgIpc) is 3.18. The Morgan fingerprint density at radius 1 is 1.14 bits per heavy atom. The number of pyridine rings is 1. The molecule has 2 aliphatic rings. The van der Waals surface area contributed by atoms with Crippen molar-refractivity contribution in [2.45, 2.75) is 51.0 Å². The summed E-state index contributed by atoms with van der Waals surface area (Å²) in [5.41, 5.74) is 3.56. The highest BCUT2D eigenvalue weighted by Crippen LogP contribution is 2.33. The van der Waals surface area contributed by atoms with E-state index in [1.807, 2.05) is 36.9 Å². The lowest BCUT2D eigenvalue weighted by molar-refractivity contribution is -0.122. The summed E-state index contributed by atoms with van der Waals surface area (Å²) in [6, 6.07) is 7.43. The molecule has 0 spiro atoms. The summed E-state index contributed by atoms with van der Waals surface area (Å²) in [5.74, 6) is 0.721. The number of aromatic nitrogens is 3.